The van der Waals surface area contributed by atoms with Gasteiger partial charge < -0.3 is 15.5 Å². The van der Waals surface area contributed by atoms with Crippen molar-refractivity contribution in [3.05, 3.63) is 29.8 Å². The number of carbonyl (C=O) groups is 2. The molecule has 0 bridgehead atoms. The van der Waals surface area contributed by atoms with Crippen LogP contribution in [0, 0.1) is 6.92 Å². The summed E-state index contributed by atoms with van der Waals surface area (Å²) < 4.78 is 0. The third kappa shape index (κ3) is 4.61. The first-order valence-electron chi connectivity index (χ1n) is 10.3. The van der Waals surface area contributed by atoms with Crippen molar-refractivity contribution in [1.29, 1.82) is 0 Å². The van der Waals surface area contributed by atoms with Crippen LogP contribution in [0.5, 0.6) is 0 Å². The molecule has 2 amide bonds. The summed E-state index contributed by atoms with van der Waals surface area (Å²) in [5, 5.41) is 6.86. The monoisotopic (exact) mass is 380 g/mol. The van der Waals surface area contributed by atoms with E-state index in [4.69, 9.17) is 4.98 Å². The molecule has 1 saturated carbocycles. The fraction of sp³-hybridized carbons (Fsp3) is 0.500. The van der Waals surface area contributed by atoms with Crippen LogP contribution in [0.2, 0.25) is 0 Å². The molecule has 0 spiro atoms. The number of carbonyl (C=O) groups excluding carboxylic acids is 2. The molecule has 2 aromatic rings. The fourth-order valence-electron chi connectivity index (χ4n) is 3.72. The first-order chi connectivity index (χ1) is 13.6. The van der Waals surface area contributed by atoms with E-state index in [0.717, 1.165) is 53.9 Å². The standard InChI is InChI=1S/C22H28N4O2/c1-15-13-20(26-11-3-2-4-12-26)25-19-8-7-17(14-18(15)19)24-22(28)10-9-21(27)23-16-5-6-16/h7-8,13-14,16H,2-6,9-12H2,1H3,(H,23,27)(H,24,28). The van der Waals surface area contributed by atoms with Crippen LogP contribution >= 0.6 is 0 Å². The van der Waals surface area contributed by atoms with Crippen molar-refractivity contribution in [1.82, 2.24) is 10.3 Å². The summed E-state index contributed by atoms with van der Waals surface area (Å²) in [5.74, 6) is 0.866. The van der Waals surface area contributed by atoms with Gasteiger partial charge in [-0.3, -0.25) is 9.59 Å². The van der Waals surface area contributed by atoms with Crippen molar-refractivity contribution in [2.45, 2.75) is 57.9 Å². The predicted molar refractivity (Wildman–Crippen MR) is 112 cm³/mol. The van der Waals surface area contributed by atoms with Gasteiger partial charge in [0.05, 0.1) is 5.52 Å². The number of benzene rings is 1. The predicted octanol–water partition coefficient (Wildman–Crippen LogP) is 3.53. The van der Waals surface area contributed by atoms with Crippen molar-refractivity contribution in [3.8, 4) is 0 Å². The van der Waals surface area contributed by atoms with Gasteiger partial charge in [-0.05, 0) is 68.9 Å². The Morgan fingerprint density at radius 1 is 1.07 bits per heavy atom. The Labute approximate surface area is 165 Å². The van der Waals surface area contributed by atoms with Crippen LogP contribution in [-0.4, -0.2) is 35.9 Å². The topological polar surface area (TPSA) is 74.3 Å². The Hall–Kier alpha value is -2.63. The normalized spacial score (nSPS) is 16.8. The number of aryl methyl sites for hydroxylation is 1. The molecule has 28 heavy (non-hydrogen) atoms. The van der Waals surface area contributed by atoms with E-state index in [1.165, 1.54) is 19.3 Å². The Morgan fingerprint density at radius 3 is 2.57 bits per heavy atom. The van der Waals surface area contributed by atoms with E-state index in [-0.39, 0.29) is 24.7 Å². The summed E-state index contributed by atoms with van der Waals surface area (Å²) in [6.07, 6.45) is 6.29. The van der Waals surface area contributed by atoms with Gasteiger partial charge in [-0.2, -0.15) is 0 Å². The highest BCUT2D eigenvalue weighted by Gasteiger charge is 2.23. The van der Waals surface area contributed by atoms with E-state index in [2.05, 4.69) is 28.5 Å². The fourth-order valence-corrected chi connectivity index (χ4v) is 3.72. The second-order valence-electron chi connectivity index (χ2n) is 7.97. The molecule has 0 atom stereocenters. The average Bonchev–Trinajstić information content (AvgIpc) is 3.51. The van der Waals surface area contributed by atoms with E-state index in [9.17, 15) is 9.59 Å². The minimum absolute atomic E-state index is 0.0403. The maximum atomic E-state index is 12.2. The van der Waals surface area contributed by atoms with Crippen LogP contribution < -0.4 is 15.5 Å². The molecule has 1 saturated heterocycles. The molecule has 0 radical (unpaired) electrons. The zero-order valence-corrected chi connectivity index (χ0v) is 16.5. The first kappa shape index (κ1) is 18.7. The van der Waals surface area contributed by atoms with Gasteiger partial charge >= 0.3 is 0 Å². The smallest absolute Gasteiger partial charge is 0.224 e. The Bertz CT molecular complexity index is 885. The average molecular weight is 380 g/mol. The molecule has 1 aliphatic carbocycles. The highest BCUT2D eigenvalue weighted by Crippen LogP contribution is 2.27. The summed E-state index contributed by atoms with van der Waals surface area (Å²) in [7, 11) is 0. The second kappa shape index (κ2) is 8.17. The number of aromatic nitrogens is 1. The molecule has 6 heteroatoms. The van der Waals surface area contributed by atoms with E-state index in [1.54, 1.807) is 0 Å². The van der Waals surface area contributed by atoms with E-state index in [1.807, 2.05) is 18.2 Å². The number of nitrogens with zero attached hydrogens (tertiary/aromatic N) is 2. The number of anilines is 2. The van der Waals surface area contributed by atoms with Gasteiger partial charge in [0.1, 0.15) is 5.82 Å². The van der Waals surface area contributed by atoms with Gasteiger partial charge in [0, 0.05) is 43.0 Å². The Kier molecular flexibility index (Phi) is 5.46. The van der Waals surface area contributed by atoms with E-state index in [0.29, 0.717) is 6.04 Å². The lowest BCUT2D eigenvalue weighted by molar-refractivity contribution is -0.124. The zero-order valence-electron chi connectivity index (χ0n) is 16.5. The molecular weight excluding hydrogens is 352 g/mol. The Balaban J connectivity index is 1.41. The number of nitrogens with one attached hydrogen (secondary N) is 2. The number of hydrogen-bond donors (Lipinski definition) is 2. The molecular formula is C22H28N4O2. The number of hydrogen-bond acceptors (Lipinski definition) is 4. The zero-order chi connectivity index (χ0) is 19.5. The number of amides is 2. The summed E-state index contributed by atoms with van der Waals surface area (Å²) in [5.41, 5.74) is 2.85. The second-order valence-corrected chi connectivity index (χ2v) is 7.97. The third-order valence-electron chi connectivity index (χ3n) is 5.49. The maximum Gasteiger partial charge on any atom is 0.224 e. The number of fused-ring (bicyclic) bond motifs is 1. The highest BCUT2D eigenvalue weighted by molar-refractivity contribution is 5.96. The van der Waals surface area contributed by atoms with Crippen molar-refractivity contribution < 1.29 is 9.59 Å². The molecule has 4 rings (SSSR count). The van der Waals surface area contributed by atoms with E-state index >= 15 is 0 Å². The van der Waals surface area contributed by atoms with Crippen LogP contribution in [0.15, 0.2) is 24.3 Å². The van der Waals surface area contributed by atoms with Crippen LogP contribution in [0.4, 0.5) is 11.5 Å². The summed E-state index contributed by atoms with van der Waals surface area (Å²) >= 11 is 0. The number of rotatable bonds is 6. The molecule has 1 aromatic heterocycles. The molecule has 6 nitrogen and oxygen atoms in total. The molecule has 1 aromatic carbocycles. The molecule has 2 N–H and O–H groups in total. The quantitative estimate of drug-likeness (QED) is 0.804. The SMILES string of the molecule is Cc1cc(N2CCCCC2)nc2ccc(NC(=O)CCC(=O)NC3CC3)cc12. The van der Waals surface area contributed by atoms with Crippen LogP contribution in [0.25, 0.3) is 10.9 Å². The molecule has 0 unspecified atom stereocenters. The molecule has 2 fully saturated rings. The maximum absolute atomic E-state index is 12.2. The Morgan fingerprint density at radius 2 is 1.82 bits per heavy atom. The number of piperidine rings is 1. The summed E-state index contributed by atoms with van der Waals surface area (Å²) in [6.45, 7) is 4.23. The molecule has 148 valence electrons. The van der Waals surface area contributed by atoms with Crippen LogP contribution in [0.1, 0.15) is 50.5 Å². The largest absolute Gasteiger partial charge is 0.357 e. The van der Waals surface area contributed by atoms with Gasteiger partial charge in [0.25, 0.3) is 0 Å². The van der Waals surface area contributed by atoms with Gasteiger partial charge in [-0.25, -0.2) is 4.98 Å². The molecule has 2 aliphatic rings. The molecule has 1 aliphatic heterocycles. The van der Waals surface area contributed by atoms with E-state index < -0.39 is 0 Å². The summed E-state index contributed by atoms with van der Waals surface area (Å²) in [6, 6.07) is 8.30. The lowest BCUT2D eigenvalue weighted by Crippen LogP contribution is -2.30. The van der Waals surface area contributed by atoms with Crippen LogP contribution in [-0.2, 0) is 9.59 Å². The van der Waals surface area contributed by atoms with Crippen LogP contribution in [0.3, 0.4) is 0 Å². The van der Waals surface area contributed by atoms with Gasteiger partial charge in [0.15, 0.2) is 0 Å². The van der Waals surface area contributed by atoms with Gasteiger partial charge in [-0.1, -0.05) is 0 Å². The molecule has 2 heterocycles. The third-order valence-corrected chi connectivity index (χ3v) is 5.49. The first-order valence-corrected chi connectivity index (χ1v) is 10.3. The minimum atomic E-state index is -0.138. The van der Waals surface area contributed by atoms with Crippen molar-refractivity contribution in [2.24, 2.45) is 0 Å². The van der Waals surface area contributed by atoms with Crippen molar-refractivity contribution >= 4 is 34.2 Å². The minimum Gasteiger partial charge on any atom is -0.357 e. The van der Waals surface area contributed by atoms with Crippen molar-refractivity contribution in [3.63, 3.8) is 0 Å². The lowest BCUT2D eigenvalue weighted by Gasteiger charge is -2.28. The van der Waals surface area contributed by atoms with Gasteiger partial charge in [-0.15, -0.1) is 0 Å². The lowest BCUT2D eigenvalue weighted by atomic mass is 10.1. The summed E-state index contributed by atoms with van der Waals surface area (Å²) in [4.78, 5) is 31.1. The van der Waals surface area contributed by atoms with Crippen molar-refractivity contribution in [2.75, 3.05) is 23.3 Å². The van der Waals surface area contributed by atoms with Gasteiger partial charge in [0.2, 0.25) is 11.8 Å². The number of pyridine rings is 1. The highest BCUT2D eigenvalue weighted by atomic mass is 16.2.